The molecular formula is C18H20N2O3. The van der Waals surface area contributed by atoms with Crippen LogP contribution in [0.25, 0.3) is 0 Å². The molecule has 23 heavy (non-hydrogen) atoms. The van der Waals surface area contributed by atoms with Gasteiger partial charge in [-0.2, -0.15) is 0 Å². The first-order valence-corrected chi connectivity index (χ1v) is 8.11. The molecule has 120 valence electrons. The summed E-state index contributed by atoms with van der Waals surface area (Å²) in [5, 5.41) is 16.2. The van der Waals surface area contributed by atoms with Crippen LogP contribution in [0.1, 0.15) is 47.4 Å². The number of aryl methyl sites for hydroxylation is 1. The van der Waals surface area contributed by atoms with Crippen molar-refractivity contribution < 1.29 is 14.3 Å². The Morgan fingerprint density at radius 3 is 2.96 bits per heavy atom. The molecule has 1 aromatic carbocycles. The second-order valence-corrected chi connectivity index (χ2v) is 6.31. The maximum absolute atomic E-state index is 12.4. The van der Waals surface area contributed by atoms with Crippen molar-refractivity contribution in [2.75, 3.05) is 0 Å². The highest BCUT2D eigenvalue weighted by molar-refractivity contribution is 5.75. The Morgan fingerprint density at radius 2 is 2.04 bits per heavy atom. The fraction of sp³-hybridized carbons (Fsp3) is 0.389. The van der Waals surface area contributed by atoms with Crippen molar-refractivity contribution in [3.63, 3.8) is 0 Å². The van der Waals surface area contributed by atoms with E-state index in [1.54, 1.807) is 6.26 Å². The Morgan fingerprint density at radius 1 is 1.17 bits per heavy atom. The molecule has 4 rings (SSSR count). The van der Waals surface area contributed by atoms with E-state index in [-0.39, 0.29) is 18.1 Å². The van der Waals surface area contributed by atoms with Crippen LogP contribution in [0.5, 0.6) is 0 Å². The summed E-state index contributed by atoms with van der Waals surface area (Å²) in [5.74, 6) is 0.966. The number of fused-ring (bicyclic) bond motifs is 2. The number of aliphatic hydroxyl groups is 1. The lowest BCUT2D eigenvalue weighted by molar-refractivity contribution is 0.141. The van der Waals surface area contributed by atoms with Crippen molar-refractivity contribution in [2.24, 2.45) is 0 Å². The van der Waals surface area contributed by atoms with Gasteiger partial charge in [-0.05, 0) is 30.0 Å². The number of rotatable bonds is 2. The molecule has 0 saturated carbocycles. The second-order valence-electron chi connectivity index (χ2n) is 6.31. The minimum absolute atomic E-state index is 0.0220. The van der Waals surface area contributed by atoms with E-state index in [2.05, 4.69) is 10.6 Å². The lowest BCUT2D eigenvalue weighted by Gasteiger charge is -2.25. The van der Waals surface area contributed by atoms with E-state index in [1.165, 1.54) is 0 Å². The molecule has 0 bridgehead atoms. The minimum atomic E-state index is -0.575. The fourth-order valence-electron chi connectivity index (χ4n) is 3.73. The van der Waals surface area contributed by atoms with E-state index in [9.17, 15) is 9.90 Å². The van der Waals surface area contributed by atoms with Gasteiger partial charge in [-0.3, -0.25) is 0 Å². The third-order valence-corrected chi connectivity index (χ3v) is 4.85. The van der Waals surface area contributed by atoms with Gasteiger partial charge in [0.1, 0.15) is 5.76 Å². The zero-order valence-corrected chi connectivity index (χ0v) is 12.8. The standard InChI is InChI=1S/C18H20N2O3/c21-15-10-11-4-1-2-5-12(11)17(15)20-18(22)19-14-6-3-7-16-13(14)8-9-23-16/h1-2,4-5,8-9,14-15,17,21H,3,6-7,10H2,(H2,19,20,22)/t14?,15-,17+/m1/s1. The van der Waals surface area contributed by atoms with Gasteiger partial charge in [0.05, 0.1) is 24.5 Å². The quantitative estimate of drug-likeness (QED) is 0.798. The summed E-state index contributed by atoms with van der Waals surface area (Å²) in [6.07, 6.45) is 4.52. The average Bonchev–Trinajstić information content (AvgIpc) is 3.13. The Bertz CT molecular complexity index is 725. The number of hydrogen-bond acceptors (Lipinski definition) is 3. The number of carbonyl (C=O) groups excluding carboxylic acids is 1. The largest absolute Gasteiger partial charge is 0.469 e. The van der Waals surface area contributed by atoms with Crippen LogP contribution in [0.15, 0.2) is 41.0 Å². The van der Waals surface area contributed by atoms with E-state index < -0.39 is 6.10 Å². The molecule has 5 heteroatoms. The predicted molar refractivity (Wildman–Crippen MR) is 84.9 cm³/mol. The highest BCUT2D eigenvalue weighted by Gasteiger charge is 2.32. The molecule has 0 fully saturated rings. The molecule has 5 nitrogen and oxygen atoms in total. The molecule has 2 aliphatic carbocycles. The second kappa shape index (κ2) is 5.74. The van der Waals surface area contributed by atoms with Crippen LogP contribution >= 0.6 is 0 Å². The van der Waals surface area contributed by atoms with Crippen LogP contribution in [-0.4, -0.2) is 17.2 Å². The lowest BCUT2D eigenvalue weighted by atomic mass is 9.93. The first-order valence-electron chi connectivity index (χ1n) is 8.11. The zero-order chi connectivity index (χ0) is 15.8. The molecule has 2 amide bonds. The number of aliphatic hydroxyl groups excluding tert-OH is 1. The predicted octanol–water partition coefficient (Wildman–Crippen LogP) is 2.61. The van der Waals surface area contributed by atoms with Crippen molar-refractivity contribution in [1.82, 2.24) is 10.6 Å². The number of urea groups is 1. The molecule has 1 heterocycles. The maximum Gasteiger partial charge on any atom is 0.315 e. The Kier molecular flexibility index (Phi) is 3.58. The van der Waals surface area contributed by atoms with Gasteiger partial charge in [-0.25, -0.2) is 4.79 Å². The van der Waals surface area contributed by atoms with E-state index in [0.717, 1.165) is 41.7 Å². The average molecular weight is 312 g/mol. The number of hydrogen-bond donors (Lipinski definition) is 3. The van der Waals surface area contributed by atoms with Crippen LogP contribution in [0.3, 0.4) is 0 Å². The van der Waals surface area contributed by atoms with Crippen molar-refractivity contribution in [2.45, 2.75) is 43.9 Å². The molecule has 2 aromatic rings. The molecule has 0 saturated heterocycles. The van der Waals surface area contributed by atoms with E-state index in [0.29, 0.717) is 6.42 Å². The molecule has 2 aliphatic rings. The molecule has 3 N–H and O–H groups in total. The van der Waals surface area contributed by atoms with Gasteiger partial charge < -0.3 is 20.2 Å². The molecule has 1 aromatic heterocycles. The van der Waals surface area contributed by atoms with E-state index in [1.807, 2.05) is 30.3 Å². The Hall–Kier alpha value is -2.27. The number of furan rings is 1. The Balaban J connectivity index is 1.46. The summed E-state index contributed by atoms with van der Waals surface area (Å²) < 4.78 is 5.45. The van der Waals surface area contributed by atoms with Crippen molar-refractivity contribution in [3.8, 4) is 0 Å². The van der Waals surface area contributed by atoms with Gasteiger partial charge in [-0.1, -0.05) is 24.3 Å². The van der Waals surface area contributed by atoms with Gasteiger partial charge in [0, 0.05) is 18.4 Å². The highest BCUT2D eigenvalue weighted by atomic mass is 16.3. The van der Waals surface area contributed by atoms with Gasteiger partial charge >= 0.3 is 6.03 Å². The van der Waals surface area contributed by atoms with E-state index in [4.69, 9.17) is 4.42 Å². The van der Waals surface area contributed by atoms with Gasteiger partial charge in [-0.15, -0.1) is 0 Å². The Labute approximate surface area is 134 Å². The van der Waals surface area contributed by atoms with Crippen LogP contribution in [-0.2, 0) is 12.8 Å². The van der Waals surface area contributed by atoms with Gasteiger partial charge in [0.2, 0.25) is 0 Å². The van der Waals surface area contributed by atoms with Gasteiger partial charge in [0.25, 0.3) is 0 Å². The molecule has 0 radical (unpaired) electrons. The molecular weight excluding hydrogens is 292 g/mol. The van der Waals surface area contributed by atoms with Crippen LogP contribution in [0.2, 0.25) is 0 Å². The minimum Gasteiger partial charge on any atom is -0.469 e. The summed E-state index contributed by atoms with van der Waals surface area (Å²) in [7, 11) is 0. The first kappa shape index (κ1) is 14.3. The lowest BCUT2D eigenvalue weighted by Crippen LogP contribution is -2.42. The fourth-order valence-corrected chi connectivity index (χ4v) is 3.73. The third-order valence-electron chi connectivity index (χ3n) is 4.85. The molecule has 0 spiro atoms. The van der Waals surface area contributed by atoms with Crippen LogP contribution in [0.4, 0.5) is 4.79 Å². The zero-order valence-electron chi connectivity index (χ0n) is 12.8. The highest BCUT2D eigenvalue weighted by Crippen LogP contribution is 2.32. The maximum atomic E-state index is 12.4. The van der Waals surface area contributed by atoms with Crippen molar-refractivity contribution in [1.29, 1.82) is 0 Å². The molecule has 1 unspecified atom stereocenters. The number of carbonyl (C=O) groups is 1. The van der Waals surface area contributed by atoms with Crippen molar-refractivity contribution >= 4 is 6.03 Å². The summed E-state index contributed by atoms with van der Waals surface area (Å²) >= 11 is 0. The van der Waals surface area contributed by atoms with Crippen LogP contribution < -0.4 is 10.6 Å². The summed E-state index contributed by atoms with van der Waals surface area (Å²) in [4.78, 5) is 12.4. The summed E-state index contributed by atoms with van der Waals surface area (Å²) in [6.45, 7) is 0. The monoisotopic (exact) mass is 312 g/mol. The number of benzene rings is 1. The van der Waals surface area contributed by atoms with Gasteiger partial charge in [0.15, 0.2) is 0 Å². The summed E-state index contributed by atoms with van der Waals surface area (Å²) in [6, 6.07) is 9.16. The smallest absolute Gasteiger partial charge is 0.315 e. The third kappa shape index (κ3) is 2.61. The normalized spacial score (nSPS) is 25.5. The molecule has 3 atom stereocenters. The van der Waals surface area contributed by atoms with E-state index >= 15 is 0 Å². The SMILES string of the molecule is O=C(NC1CCCc2occc21)N[C@H]1c2ccccc2C[C@H]1O. The number of nitrogens with one attached hydrogen (secondary N) is 2. The molecule has 0 aliphatic heterocycles. The topological polar surface area (TPSA) is 74.5 Å². The summed E-state index contributed by atoms with van der Waals surface area (Å²) in [5.41, 5.74) is 3.17. The number of amides is 2. The van der Waals surface area contributed by atoms with Crippen molar-refractivity contribution in [3.05, 3.63) is 59.0 Å². The van der Waals surface area contributed by atoms with Crippen LogP contribution in [0, 0.1) is 0 Å². The first-order chi connectivity index (χ1) is 11.2.